The van der Waals surface area contributed by atoms with E-state index in [2.05, 4.69) is 0 Å². The van der Waals surface area contributed by atoms with Gasteiger partial charge in [0.1, 0.15) is 0 Å². The van der Waals surface area contributed by atoms with Gasteiger partial charge in [-0.25, -0.2) is 0 Å². The van der Waals surface area contributed by atoms with E-state index >= 15 is 0 Å². The van der Waals surface area contributed by atoms with Gasteiger partial charge in [-0.3, -0.25) is 9.59 Å². The Balaban J connectivity index is 1.60. The molecule has 0 radical (unpaired) electrons. The van der Waals surface area contributed by atoms with Crippen LogP contribution in [0.25, 0.3) is 0 Å². The Morgan fingerprint density at radius 2 is 1.84 bits per heavy atom. The average molecular weight is 364 g/mol. The number of hydrogen-bond donors (Lipinski definition) is 1. The third-order valence-corrected chi connectivity index (χ3v) is 5.74. The molecule has 5 nitrogen and oxygen atoms in total. The second-order valence-electron chi connectivity index (χ2n) is 7.43. The van der Waals surface area contributed by atoms with Crippen molar-refractivity contribution < 1.29 is 9.59 Å². The van der Waals surface area contributed by atoms with Crippen LogP contribution in [0.2, 0.25) is 5.02 Å². The number of nitrogens with zero attached hydrogens (tertiary/aromatic N) is 2. The Morgan fingerprint density at radius 1 is 1.16 bits per heavy atom. The summed E-state index contributed by atoms with van der Waals surface area (Å²) in [5.74, 6) is 0.0203. The molecule has 25 heavy (non-hydrogen) atoms. The molecular formula is C19H26ClN3O2. The van der Waals surface area contributed by atoms with Crippen molar-refractivity contribution >= 4 is 23.4 Å². The first kappa shape index (κ1) is 18.2. The van der Waals surface area contributed by atoms with Gasteiger partial charge in [0.15, 0.2) is 0 Å². The van der Waals surface area contributed by atoms with Gasteiger partial charge < -0.3 is 15.5 Å². The number of nitrogens with two attached hydrogens (primary N) is 1. The zero-order valence-electron chi connectivity index (χ0n) is 14.7. The molecule has 2 aliphatic rings. The van der Waals surface area contributed by atoms with Crippen molar-refractivity contribution in [2.24, 2.45) is 11.7 Å². The van der Waals surface area contributed by atoms with Crippen molar-refractivity contribution in [3.63, 3.8) is 0 Å². The van der Waals surface area contributed by atoms with Crippen LogP contribution in [0.4, 0.5) is 0 Å². The monoisotopic (exact) mass is 363 g/mol. The lowest BCUT2D eigenvalue weighted by molar-refractivity contribution is -0.140. The number of hydrogen-bond acceptors (Lipinski definition) is 3. The van der Waals surface area contributed by atoms with Crippen LogP contribution in [-0.2, 0) is 4.79 Å². The first-order valence-electron chi connectivity index (χ1n) is 9.01. The van der Waals surface area contributed by atoms with E-state index in [0.717, 1.165) is 25.7 Å². The zero-order chi connectivity index (χ0) is 18.0. The van der Waals surface area contributed by atoms with Gasteiger partial charge in [0.25, 0.3) is 5.91 Å². The van der Waals surface area contributed by atoms with Crippen LogP contribution in [0, 0.1) is 5.92 Å². The lowest BCUT2D eigenvalue weighted by Crippen LogP contribution is -2.57. The summed E-state index contributed by atoms with van der Waals surface area (Å²) in [4.78, 5) is 29.1. The topological polar surface area (TPSA) is 66.6 Å². The molecule has 2 unspecified atom stereocenters. The van der Waals surface area contributed by atoms with Crippen molar-refractivity contribution in [3.8, 4) is 0 Å². The summed E-state index contributed by atoms with van der Waals surface area (Å²) in [5.41, 5.74) is 6.55. The molecule has 1 saturated heterocycles. The highest BCUT2D eigenvalue weighted by molar-refractivity contribution is 6.30. The van der Waals surface area contributed by atoms with Crippen molar-refractivity contribution in [1.82, 2.24) is 9.80 Å². The SMILES string of the molecule is CC1(N)CCCCC1C(=O)N1CCN(C(=O)c2cccc(Cl)c2)CC1. The lowest BCUT2D eigenvalue weighted by Gasteiger charge is -2.42. The molecular weight excluding hydrogens is 338 g/mol. The van der Waals surface area contributed by atoms with Gasteiger partial charge in [0.05, 0.1) is 5.92 Å². The Hall–Kier alpha value is -1.59. The molecule has 0 aromatic heterocycles. The molecule has 1 heterocycles. The summed E-state index contributed by atoms with van der Waals surface area (Å²) in [5, 5.41) is 0.555. The molecule has 1 aliphatic carbocycles. The Morgan fingerprint density at radius 3 is 2.48 bits per heavy atom. The summed E-state index contributed by atoms with van der Waals surface area (Å²) >= 11 is 5.97. The van der Waals surface area contributed by atoms with Crippen LogP contribution < -0.4 is 5.73 Å². The van der Waals surface area contributed by atoms with Crippen molar-refractivity contribution in [2.75, 3.05) is 26.2 Å². The van der Waals surface area contributed by atoms with Crippen molar-refractivity contribution in [3.05, 3.63) is 34.9 Å². The maximum atomic E-state index is 12.9. The number of amides is 2. The number of benzene rings is 1. The lowest BCUT2D eigenvalue weighted by atomic mass is 9.74. The number of piperazine rings is 1. The van der Waals surface area contributed by atoms with Crippen LogP contribution in [0.3, 0.4) is 0 Å². The van der Waals surface area contributed by atoms with Gasteiger partial charge >= 0.3 is 0 Å². The number of carbonyl (C=O) groups excluding carboxylic acids is 2. The van der Waals surface area contributed by atoms with E-state index in [1.54, 1.807) is 29.2 Å². The number of halogens is 1. The van der Waals surface area contributed by atoms with E-state index in [-0.39, 0.29) is 17.7 Å². The predicted octanol–water partition coefficient (Wildman–Crippen LogP) is 2.53. The minimum Gasteiger partial charge on any atom is -0.339 e. The summed E-state index contributed by atoms with van der Waals surface area (Å²) < 4.78 is 0. The summed E-state index contributed by atoms with van der Waals surface area (Å²) in [6, 6.07) is 6.99. The van der Waals surface area contributed by atoms with Crippen molar-refractivity contribution in [2.45, 2.75) is 38.1 Å². The third kappa shape index (κ3) is 3.98. The predicted molar refractivity (Wildman–Crippen MR) is 98.5 cm³/mol. The maximum absolute atomic E-state index is 12.9. The van der Waals surface area contributed by atoms with Crippen LogP contribution in [0.1, 0.15) is 43.0 Å². The Kier molecular flexibility index (Phi) is 5.35. The standard InChI is InChI=1S/C19H26ClN3O2/c1-19(21)8-3-2-7-16(19)18(25)23-11-9-22(10-12-23)17(24)14-5-4-6-15(20)13-14/h4-6,13,16H,2-3,7-12,21H2,1H3. The van der Waals surface area contributed by atoms with Crippen LogP contribution in [0.5, 0.6) is 0 Å². The first-order valence-corrected chi connectivity index (χ1v) is 9.39. The minimum absolute atomic E-state index is 0.0315. The van der Waals surface area contributed by atoms with E-state index < -0.39 is 5.54 Å². The van der Waals surface area contributed by atoms with Crippen LogP contribution >= 0.6 is 11.6 Å². The normalized spacial score (nSPS) is 27.2. The molecule has 1 aromatic carbocycles. The van der Waals surface area contributed by atoms with E-state index in [9.17, 15) is 9.59 Å². The molecule has 2 fully saturated rings. The summed E-state index contributed by atoms with van der Waals surface area (Å²) in [6.45, 7) is 4.22. The second kappa shape index (κ2) is 7.34. The Bertz CT molecular complexity index is 654. The highest BCUT2D eigenvalue weighted by Crippen LogP contribution is 2.33. The molecule has 1 aromatic rings. The van der Waals surface area contributed by atoms with Gasteiger partial charge in [-0.05, 0) is 38.0 Å². The van der Waals surface area contributed by atoms with E-state index in [0.29, 0.717) is 36.8 Å². The maximum Gasteiger partial charge on any atom is 0.254 e. The first-order chi connectivity index (χ1) is 11.9. The molecule has 1 saturated carbocycles. The summed E-state index contributed by atoms with van der Waals surface area (Å²) in [7, 11) is 0. The largest absolute Gasteiger partial charge is 0.339 e. The quantitative estimate of drug-likeness (QED) is 0.878. The Labute approximate surface area is 154 Å². The van der Waals surface area contributed by atoms with Gasteiger partial charge in [-0.15, -0.1) is 0 Å². The van der Waals surface area contributed by atoms with Crippen LogP contribution in [-0.4, -0.2) is 53.3 Å². The smallest absolute Gasteiger partial charge is 0.254 e. The molecule has 6 heteroatoms. The molecule has 0 spiro atoms. The van der Waals surface area contributed by atoms with E-state index in [1.807, 2.05) is 11.8 Å². The molecule has 1 aliphatic heterocycles. The van der Waals surface area contributed by atoms with Gasteiger partial charge in [-0.2, -0.15) is 0 Å². The molecule has 136 valence electrons. The highest BCUT2D eigenvalue weighted by Gasteiger charge is 2.40. The number of carbonyl (C=O) groups is 2. The minimum atomic E-state index is -0.414. The molecule has 2 N–H and O–H groups in total. The molecule has 2 amide bonds. The highest BCUT2D eigenvalue weighted by atomic mass is 35.5. The second-order valence-corrected chi connectivity index (χ2v) is 7.87. The van der Waals surface area contributed by atoms with E-state index in [1.165, 1.54) is 0 Å². The fourth-order valence-corrected chi connectivity index (χ4v) is 4.11. The van der Waals surface area contributed by atoms with Crippen molar-refractivity contribution in [1.29, 1.82) is 0 Å². The van der Waals surface area contributed by atoms with Gasteiger partial charge in [0, 0.05) is 42.3 Å². The molecule has 2 atom stereocenters. The average Bonchev–Trinajstić information content (AvgIpc) is 2.60. The fraction of sp³-hybridized carbons (Fsp3) is 0.579. The summed E-state index contributed by atoms with van der Waals surface area (Å²) in [6.07, 6.45) is 3.93. The fourth-order valence-electron chi connectivity index (χ4n) is 3.92. The number of rotatable bonds is 2. The van der Waals surface area contributed by atoms with Gasteiger partial charge in [0.2, 0.25) is 5.91 Å². The van der Waals surface area contributed by atoms with Crippen LogP contribution in [0.15, 0.2) is 24.3 Å². The molecule has 0 bridgehead atoms. The van der Waals surface area contributed by atoms with E-state index in [4.69, 9.17) is 17.3 Å². The van der Waals surface area contributed by atoms with Gasteiger partial charge in [-0.1, -0.05) is 30.5 Å². The zero-order valence-corrected chi connectivity index (χ0v) is 15.5. The molecule has 3 rings (SSSR count). The third-order valence-electron chi connectivity index (χ3n) is 5.50.